The molecule has 1 unspecified atom stereocenters. The number of nitrogen functional groups attached to an aromatic ring is 1. The second-order valence-electron chi connectivity index (χ2n) is 13.2. The average Bonchev–Trinajstić information content (AvgIpc) is 3.64. The van der Waals surface area contributed by atoms with Crippen molar-refractivity contribution in [2.24, 2.45) is 5.92 Å². The quantitative estimate of drug-likeness (QED) is 0.123. The number of rotatable bonds is 15. The molecule has 1 aliphatic carbocycles. The van der Waals surface area contributed by atoms with E-state index in [-0.39, 0.29) is 18.3 Å². The van der Waals surface area contributed by atoms with Crippen LogP contribution in [0.3, 0.4) is 0 Å². The molecule has 1 aromatic carbocycles. The van der Waals surface area contributed by atoms with Crippen LogP contribution in [0.15, 0.2) is 36.7 Å². The average molecular weight is 730 g/mol. The van der Waals surface area contributed by atoms with Crippen molar-refractivity contribution in [2.45, 2.75) is 110 Å². The Hall–Kier alpha value is -4.04. The van der Waals surface area contributed by atoms with E-state index in [1.165, 1.54) is 31.6 Å². The highest BCUT2D eigenvalue weighted by atomic mass is 31.2. The molecule has 0 radical (unpaired) electrons. The van der Waals surface area contributed by atoms with E-state index in [0.29, 0.717) is 17.0 Å². The number of anilines is 1. The van der Waals surface area contributed by atoms with Gasteiger partial charge in [0.15, 0.2) is 18.0 Å². The summed E-state index contributed by atoms with van der Waals surface area (Å²) in [5.41, 5.74) is 7.50. The number of hydrogen-bond donors (Lipinski definition) is 2. The summed E-state index contributed by atoms with van der Waals surface area (Å²) >= 11 is 0. The second kappa shape index (κ2) is 16.1. The van der Waals surface area contributed by atoms with Gasteiger partial charge in [-0.2, -0.15) is 10.2 Å². The number of carbonyl (C=O) groups excluding carboxylic acids is 3. The maximum Gasteiger partial charge on any atom is 0.459 e. The van der Waals surface area contributed by atoms with Gasteiger partial charge in [-0.15, -0.1) is 0 Å². The minimum atomic E-state index is -4.39. The maximum absolute atomic E-state index is 14.7. The van der Waals surface area contributed by atoms with Gasteiger partial charge in [-0.05, 0) is 74.8 Å². The molecule has 1 aliphatic heterocycles. The van der Waals surface area contributed by atoms with Gasteiger partial charge in [0.05, 0.1) is 18.9 Å². The molecule has 278 valence electrons. The van der Waals surface area contributed by atoms with Crippen molar-refractivity contribution in [3.63, 3.8) is 0 Å². The van der Waals surface area contributed by atoms with Crippen LogP contribution in [0, 0.1) is 5.92 Å². The lowest BCUT2D eigenvalue weighted by Crippen LogP contribution is -2.45. The molecule has 3 aromatic rings. The number of aryl methyl sites for hydroxylation is 1. The summed E-state index contributed by atoms with van der Waals surface area (Å²) in [6, 6.07) is 7.83. The molecule has 5 rings (SSSR count). The van der Waals surface area contributed by atoms with E-state index in [1.54, 1.807) is 25.1 Å². The Labute approximate surface area is 297 Å². The van der Waals surface area contributed by atoms with Crippen LogP contribution in [0.5, 0.6) is 5.75 Å². The van der Waals surface area contributed by atoms with Crippen LogP contribution in [0.2, 0.25) is 0 Å². The molecule has 51 heavy (non-hydrogen) atoms. The van der Waals surface area contributed by atoms with Crippen molar-refractivity contribution >= 4 is 37.0 Å². The first-order valence-electron chi connectivity index (χ1n) is 17.4. The molecule has 0 spiro atoms. The van der Waals surface area contributed by atoms with Crippen LogP contribution >= 0.6 is 7.75 Å². The fourth-order valence-corrected chi connectivity index (χ4v) is 8.20. The Morgan fingerprint density at radius 2 is 1.82 bits per heavy atom. The highest BCUT2D eigenvalue weighted by Gasteiger charge is 2.59. The summed E-state index contributed by atoms with van der Waals surface area (Å²) < 4.78 is 52.1. The third-order valence-corrected chi connectivity index (χ3v) is 11.1. The van der Waals surface area contributed by atoms with Crippen LogP contribution in [-0.4, -0.2) is 70.1 Å². The number of nitrogens with two attached hydrogens (primary N) is 1. The van der Waals surface area contributed by atoms with E-state index in [0.717, 1.165) is 49.7 Å². The van der Waals surface area contributed by atoms with Crippen LogP contribution < -0.4 is 15.3 Å². The Balaban J connectivity index is 1.47. The number of esters is 3. The first kappa shape index (κ1) is 38.2. The van der Waals surface area contributed by atoms with E-state index in [2.05, 4.69) is 15.2 Å². The van der Waals surface area contributed by atoms with Crippen LogP contribution in [0.4, 0.5) is 5.82 Å². The van der Waals surface area contributed by atoms with E-state index in [9.17, 15) is 18.9 Å². The Morgan fingerprint density at radius 3 is 2.53 bits per heavy atom. The smallest absolute Gasteiger partial charge is 0.459 e. The molecule has 3 heterocycles. The topological polar surface area (TPSA) is 192 Å². The predicted molar refractivity (Wildman–Crippen MR) is 186 cm³/mol. The molecule has 1 saturated heterocycles. The van der Waals surface area contributed by atoms with Crippen molar-refractivity contribution in [1.82, 2.24) is 19.7 Å². The van der Waals surface area contributed by atoms with Gasteiger partial charge in [0.2, 0.25) is 0 Å². The van der Waals surface area contributed by atoms with E-state index >= 15 is 0 Å². The number of aromatic nitrogens is 3. The van der Waals surface area contributed by atoms with Crippen molar-refractivity contribution in [2.75, 3.05) is 18.9 Å². The summed E-state index contributed by atoms with van der Waals surface area (Å²) in [5.74, 6) is -1.20. The molecule has 6 atom stereocenters. The molecule has 0 bridgehead atoms. The standard InChI is InChI=1S/C35H48N5O10P/c1-7-24(8-2)18-45-34(43)21(3)39-51(44,50-28-15-11-13-25-12-9-10-14-26(25)28)46-19-29-31(47-22(4)41)32(48-23(5)42)35(6,49-29)30-17-16-27-33(36)37-20-38-40(27)30/h11,13,15-17,20-21,24,29,31-32H,7-10,12,14,18-19H2,1-6H3,(H,39,44)(H2,36,37,38)/t21-,29+,31+,32+,35-,51?/m0/s1. The van der Waals surface area contributed by atoms with Gasteiger partial charge in [0, 0.05) is 13.8 Å². The summed E-state index contributed by atoms with van der Waals surface area (Å²) in [5, 5.41) is 7.08. The zero-order valence-corrected chi connectivity index (χ0v) is 30.9. The molecule has 3 N–H and O–H groups in total. The Morgan fingerprint density at radius 1 is 1.10 bits per heavy atom. The van der Waals surface area contributed by atoms with Crippen molar-refractivity contribution < 1.29 is 46.9 Å². The van der Waals surface area contributed by atoms with Gasteiger partial charge in [-0.3, -0.25) is 18.9 Å². The molecule has 0 amide bonds. The molecule has 0 saturated carbocycles. The number of nitrogens with zero attached hydrogens (tertiary/aromatic N) is 3. The number of fused-ring (bicyclic) bond motifs is 2. The van der Waals surface area contributed by atoms with Crippen molar-refractivity contribution in [3.8, 4) is 5.75 Å². The molecular formula is C35H48N5O10P. The summed E-state index contributed by atoms with van der Waals surface area (Å²) in [4.78, 5) is 42.0. The number of carbonyl (C=O) groups is 3. The number of benzene rings is 1. The summed E-state index contributed by atoms with van der Waals surface area (Å²) in [7, 11) is -4.39. The minimum absolute atomic E-state index is 0.189. The van der Waals surface area contributed by atoms with Gasteiger partial charge in [0.25, 0.3) is 0 Å². The third kappa shape index (κ3) is 8.54. The van der Waals surface area contributed by atoms with Crippen LogP contribution in [0.1, 0.15) is 84.0 Å². The SMILES string of the molecule is CCC(CC)COC(=O)[C@H](C)NP(=O)(OC[C@H]1O[C@@](C)(c2ccc3c(N)ncnn23)[C@H](OC(C)=O)[C@@H]1OC(C)=O)Oc1cccc2c1CCCC2. The predicted octanol–water partition coefficient (Wildman–Crippen LogP) is 4.83. The van der Waals surface area contributed by atoms with E-state index in [4.69, 9.17) is 33.7 Å². The Bertz CT molecular complexity index is 1780. The molecule has 16 heteroatoms. The number of hydrogen-bond acceptors (Lipinski definition) is 13. The number of nitrogens with one attached hydrogen (secondary N) is 1. The first-order chi connectivity index (χ1) is 24.3. The van der Waals surface area contributed by atoms with Crippen LogP contribution in [-0.2, 0) is 60.9 Å². The Kier molecular flexibility index (Phi) is 12.1. The van der Waals surface area contributed by atoms with Gasteiger partial charge >= 0.3 is 25.7 Å². The summed E-state index contributed by atoms with van der Waals surface area (Å²) in [6.07, 6.45) is 2.92. The highest BCUT2D eigenvalue weighted by molar-refractivity contribution is 7.52. The maximum atomic E-state index is 14.7. The fraction of sp³-hybridized carbons (Fsp3) is 0.571. The lowest BCUT2D eigenvalue weighted by Gasteiger charge is -2.30. The largest absolute Gasteiger partial charge is 0.464 e. The normalized spacial score (nSPS) is 23.3. The molecular weight excluding hydrogens is 681 g/mol. The molecule has 1 fully saturated rings. The lowest BCUT2D eigenvalue weighted by molar-refractivity contribution is -0.168. The third-order valence-electron chi connectivity index (χ3n) is 9.49. The van der Waals surface area contributed by atoms with Gasteiger partial charge in [-0.1, -0.05) is 38.8 Å². The van der Waals surface area contributed by atoms with Crippen molar-refractivity contribution in [3.05, 3.63) is 53.5 Å². The van der Waals surface area contributed by atoms with E-state index < -0.39 is 62.2 Å². The lowest BCUT2D eigenvalue weighted by atomic mass is 9.91. The van der Waals surface area contributed by atoms with Gasteiger partial charge < -0.3 is 29.2 Å². The van der Waals surface area contributed by atoms with Gasteiger partial charge in [0.1, 0.15) is 35.3 Å². The monoisotopic (exact) mass is 729 g/mol. The zero-order valence-electron chi connectivity index (χ0n) is 30.0. The fourth-order valence-electron chi connectivity index (χ4n) is 6.67. The first-order valence-corrected chi connectivity index (χ1v) is 18.9. The molecule has 15 nitrogen and oxygen atoms in total. The zero-order chi connectivity index (χ0) is 36.9. The second-order valence-corrected chi connectivity index (χ2v) is 14.9. The molecule has 2 aliphatic rings. The van der Waals surface area contributed by atoms with Gasteiger partial charge in [-0.25, -0.2) is 14.1 Å². The highest BCUT2D eigenvalue weighted by Crippen LogP contribution is 2.49. The molecule has 2 aromatic heterocycles. The summed E-state index contributed by atoms with van der Waals surface area (Å²) in [6.45, 7) is 9.39. The minimum Gasteiger partial charge on any atom is -0.464 e. The van der Waals surface area contributed by atoms with Crippen molar-refractivity contribution in [1.29, 1.82) is 0 Å². The number of ether oxygens (including phenoxy) is 4. The van der Waals surface area contributed by atoms with Crippen LogP contribution in [0.25, 0.3) is 5.52 Å². The van der Waals surface area contributed by atoms with E-state index in [1.807, 2.05) is 26.0 Å².